The highest BCUT2D eigenvalue weighted by Crippen LogP contribution is 2.42. The summed E-state index contributed by atoms with van der Waals surface area (Å²) in [6, 6.07) is 3.67. The second kappa shape index (κ2) is 5.25. The number of aliphatic hydroxyl groups is 1. The Bertz CT molecular complexity index is 407. The largest absolute Gasteiger partial charge is 0.454 e. The maximum Gasteiger partial charge on any atom is 0.231 e. The van der Waals surface area contributed by atoms with Gasteiger partial charge in [0.15, 0.2) is 11.5 Å². The van der Waals surface area contributed by atoms with Crippen molar-refractivity contribution in [3.8, 4) is 11.5 Å². The number of aliphatic hydroxyl groups excluding tert-OH is 1. The van der Waals surface area contributed by atoms with Crippen LogP contribution < -0.4 is 15.2 Å². The van der Waals surface area contributed by atoms with Gasteiger partial charge in [-0.25, -0.2) is 0 Å². The minimum atomic E-state index is -0.573. The molecule has 0 fully saturated rings. The van der Waals surface area contributed by atoms with Crippen LogP contribution in [-0.2, 0) is 0 Å². The van der Waals surface area contributed by atoms with Crippen molar-refractivity contribution in [2.24, 2.45) is 11.7 Å². The highest BCUT2D eigenvalue weighted by atomic mass is 79.9. The lowest BCUT2D eigenvalue weighted by molar-refractivity contribution is 0.109. The predicted molar refractivity (Wildman–Crippen MR) is 68.1 cm³/mol. The summed E-state index contributed by atoms with van der Waals surface area (Å²) in [5.74, 6) is 1.42. The van der Waals surface area contributed by atoms with Crippen molar-refractivity contribution in [3.05, 3.63) is 22.2 Å². The van der Waals surface area contributed by atoms with Crippen LogP contribution in [0.5, 0.6) is 11.5 Å². The van der Waals surface area contributed by atoms with Gasteiger partial charge in [-0.15, -0.1) is 0 Å². The highest BCUT2D eigenvalue weighted by Gasteiger charge is 2.23. The molecule has 0 saturated carbocycles. The van der Waals surface area contributed by atoms with E-state index in [0.717, 1.165) is 16.5 Å². The fraction of sp³-hybridized carbons (Fsp3) is 0.500. The number of rotatable bonds is 4. The van der Waals surface area contributed by atoms with Crippen LogP contribution in [0.4, 0.5) is 0 Å². The molecule has 0 amide bonds. The number of hydrogen-bond acceptors (Lipinski definition) is 4. The van der Waals surface area contributed by atoms with Crippen molar-refractivity contribution in [1.82, 2.24) is 0 Å². The van der Waals surface area contributed by atoms with Crippen molar-refractivity contribution in [3.63, 3.8) is 0 Å². The normalized spacial score (nSPS) is 16.9. The van der Waals surface area contributed by atoms with Crippen molar-refractivity contribution in [2.75, 3.05) is 13.3 Å². The van der Waals surface area contributed by atoms with Gasteiger partial charge in [0.25, 0.3) is 0 Å². The zero-order valence-electron chi connectivity index (χ0n) is 9.65. The summed E-state index contributed by atoms with van der Waals surface area (Å²) in [6.45, 7) is 2.70. The molecule has 0 aromatic heterocycles. The van der Waals surface area contributed by atoms with Crippen molar-refractivity contribution >= 4 is 15.9 Å². The summed E-state index contributed by atoms with van der Waals surface area (Å²) in [5.41, 5.74) is 6.45. The number of fused-ring (bicyclic) bond motifs is 1. The molecule has 1 aliphatic rings. The highest BCUT2D eigenvalue weighted by molar-refractivity contribution is 9.10. The zero-order valence-corrected chi connectivity index (χ0v) is 11.2. The smallest absolute Gasteiger partial charge is 0.231 e. The van der Waals surface area contributed by atoms with Crippen LogP contribution in [0.25, 0.3) is 0 Å². The molecule has 3 N–H and O–H groups in total. The maximum atomic E-state index is 10.2. The molecule has 0 bridgehead atoms. The van der Waals surface area contributed by atoms with Crippen LogP contribution in [-0.4, -0.2) is 18.4 Å². The molecule has 94 valence electrons. The van der Waals surface area contributed by atoms with Crippen LogP contribution in [0.15, 0.2) is 16.6 Å². The van der Waals surface area contributed by atoms with E-state index in [2.05, 4.69) is 15.9 Å². The first-order chi connectivity index (χ1) is 8.17. The Morgan fingerprint density at radius 3 is 2.88 bits per heavy atom. The van der Waals surface area contributed by atoms with Crippen LogP contribution in [0.2, 0.25) is 0 Å². The first-order valence-corrected chi connectivity index (χ1v) is 6.43. The third-order valence-corrected chi connectivity index (χ3v) is 3.65. The van der Waals surface area contributed by atoms with E-state index in [1.165, 1.54) is 0 Å². The number of halogens is 1. The van der Waals surface area contributed by atoms with E-state index in [-0.39, 0.29) is 12.7 Å². The molecule has 1 aliphatic heterocycles. The molecule has 0 radical (unpaired) electrons. The van der Waals surface area contributed by atoms with E-state index >= 15 is 0 Å². The standard InChI is InChI=1S/C12H16BrNO3/c1-2-7(5-14)11(15)8-3-9(13)12-10(4-8)16-6-17-12/h3-4,7,11,15H,2,5-6,14H2,1H3. The van der Waals surface area contributed by atoms with E-state index in [1.54, 1.807) is 0 Å². The molecule has 0 saturated heterocycles. The number of ether oxygens (including phenoxy) is 2. The van der Waals surface area contributed by atoms with E-state index in [0.29, 0.717) is 18.0 Å². The van der Waals surface area contributed by atoms with Crippen molar-refractivity contribution in [1.29, 1.82) is 0 Å². The molecule has 2 atom stereocenters. The van der Waals surface area contributed by atoms with Crippen LogP contribution in [0, 0.1) is 5.92 Å². The third kappa shape index (κ3) is 2.41. The molecule has 2 rings (SSSR count). The quantitative estimate of drug-likeness (QED) is 0.895. The molecule has 1 aromatic carbocycles. The lowest BCUT2D eigenvalue weighted by atomic mass is 9.93. The van der Waals surface area contributed by atoms with E-state index in [4.69, 9.17) is 15.2 Å². The van der Waals surface area contributed by atoms with Gasteiger partial charge in [0.05, 0.1) is 10.6 Å². The van der Waals surface area contributed by atoms with E-state index in [9.17, 15) is 5.11 Å². The Balaban J connectivity index is 2.30. The van der Waals surface area contributed by atoms with Gasteiger partial charge in [0.2, 0.25) is 6.79 Å². The van der Waals surface area contributed by atoms with Gasteiger partial charge in [0, 0.05) is 5.92 Å². The minimum Gasteiger partial charge on any atom is -0.454 e. The Morgan fingerprint density at radius 2 is 2.24 bits per heavy atom. The van der Waals surface area contributed by atoms with Gasteiger partial charge in [-0.3, -0.25) is 0 Å². The van der Waals surface area contributed by atoms with Crippen molar-refractivity contribution in [2.45, 2.75) is 19.4 Å². The molecule has 0 aliphatic carbocycles. The first-order valence-electron chi connectivity index (χ1n) is 5.64. The van der Waals surface area contributed by atoms with E-state index in [1.807, 2.05) is 19.1 Å². The molecule has 0 spiro atoms. The van der Waals surface area contributed by atoms with Crippen LogP contribution >= 0.6 is 15.9 Å². The number of nitrogens with two attached hydrogens (primary N) is 1. The third-order valence-electron chi connectivity index (χ3n) is 3.06. The lowest BCUT2D eigenvalue weighted by Crippen LogP contribution is -2.21. The fourth-order valence-electron chi connectivity index (χ4n) is 1.95. The lowest BCUT2D eigenvalue weighted by Gasteiger charge is -2.20. The molecular weight excluding hydrogens is 286 g/mol. The predicted octanol–water partition coefficient (Wildman–Crippen LogP) is 2.20. The zero-order chi connectivity index (χ0) is 12.4. The minimum absolute atomic E-state index is 0.0577. The van der Waals surface area contributed by atoms with Gasteiger partial charge >= 0.3 is 0 Å². The van der Waals surface area contributed by atoms with Crippen LogP contribution in [0.3, 0.4) is 0 Å². The molecule has 5 heteroatoms. The molecule has 2 unspecified atom stereocenters. The molecule has 17 heavy (non-hydrogen) atoms. The Kier molecular flexibility index (Phi) is 3.91. The van der Waals surface area contributed by atoms with Gasteiger partial charge in [-0.1, -0.05) is 6.92 Å². The topological polar surface area (TPSA) is 64.7 Å². The molecule has 4 nitrogen and oxygen atoms in total. The Hall–Kier alpha value is -0.780. The summed E-state index contributed by atoms with van der Waals surface area (Å²) in [5, 5.41) is 10.2. The summed E-state index contributed by atoms with van der Waals surface area (Å²) in [4.78, 5) is 0. The van der Waals surface area contributed by atoms with Gasteiger partial charge in [-0.05, 0) is 46.6 Å². The SMILES string of the molecule is CCC(CN)C(O)c1cc(Br)c2c(c1)OCO2. The summed E-state index contributed by atoms with van der Waals surface area (Å²) in [7, 11) is 0. The monoisotopic (exact) mass is 301 g/mol. The van der Waals surface area contributed by atoms with Gasteiger partial charge in [-0.2, -0.15) is 0 Å². The number of benzene rings is 1. The summed E-state index contributed by atoms with van der Waals surface area (Å²) < 4.78 is 11.4. The second-order valence-electron chi connectivity index (χ2n) is 4.09. The molecular formula is C12H16BrNO3. The maximum absolute atomic E-state index is 10.2. The fourth-order valence-corrected chi connectivity index (χ4v) is 2.52. The van der Waals surface area contributed by atoms with Gasteiger partial charge in [0.1, 0.15) is 0 Å². The van der Waals surface area contributed by atoms with E-state index < -0.39 is 6.10 Å². The first kappa shape index (κ1) is 12.7. The summed E-state index contributed by atoms with van der Waals surface area (Å²) in [6.07, 6.45) is 0.264. The Morgan fingerprint density at radius 1 is 1.47 bits per heavy atom. The number of hydrogen-bond donors (Lipinski definition) is 2. The Labute approximate surface area is 109 Å². The molecule has 1 heterocycles. The summed E-state index contributed by atoms with van der Waals surface area (Å²) >= 11 is 3.41. The molecule has 1 aromatic rings. The van der Waals surface area contributed by atoms with Crippen molar-refractivity contribution < 1.29 is 14.6 Å². The van der Waals surface area contributed by atoms with Crippen LogP contribution in [0.1, 0.15) is 25.0 Å². The second-order valence-corrected chi connectivity index (χ2v) is 4.94. The van der Waals surface area contributed by atoms with Gasteiger partial charge < -0.3 is 20.3 Å². The average Bonchev–Trinajstić information content (AvgIpc) is 2.79. The average molecular weight is 302 g/mol.